The number of carbonyl (C=O) groups excluding carboxylic acids is 2. The number of aliphatic hydroxyl groups is 1. The third kappa shape index (κ3) is 5.64. The lowest BCUT2D eigenvalue weighted by atomic mass is 9.84. The van der Waals surface area contributed by atoms with Crippen molar-refractivity contribution in [3.63, 3.8) is 0 Å². The molecule has 1 saturated heterocycles. The van der Waals surface area contributed by atoms with Gasteiger partial charge in [0.25, 0.3) is 5.91 Å². The van der Waals surface area contributed by atoms with Crippen LogP contribution in [0.25, 0.3) is 11.1 Å². The second-order valence-corrected chi connectivity index (χ2v) is 9.60. The lowest BCUT2D eigenvalue weighted by Gasteiger charge is -2.43. The highest BCUT2D eigenvalue weighted by Crippen LogP contribution is 2.40. The Morgan fingerprint density at radius 1 is 1.14 bits per heavy atom. The van der Waals surface area contributed by atoms with Crippen molar-refractivity contribution in [2.24, 2.45) is 0 Å². The second kappa shape index (κ2) is 11.1. The van der Waals surface area contributed by atoms with Gasteiger partial charge in [0.2, 0.25) is 0 Å². The Morgan fingerprint density at radius 2 is 1.84 bits per heavy atom. The van der Waals surface area contributed by atoms with Crippen LogP contribution in [0, 0.1) is 5.82 Å². The maximum atomic E-state index is 13.5. The van der Waals surface area contributed by atoms with Crippen molar-refractivity contribution >= 4 is 12.0 Å². The molecule has 0 saturated carbocycles. The van der Waals surface area contributed by atoms with Crippen LogP contribution in [-0.2, 0) is 10.3 Å². The number of nitrogens with zero attached hydrogens (tertiary/aromatic N) is 3. The molecule has 37 heavy (non-hydrogen) atoms. The number of hydrogen-bond donors (Lipinski definition) is 1. The van der Waals surface area contributed by atoms with Gasteiger partial charge in [-0.1, -0.05) is 36.4 Å². The summed E-state index contributed by atoms with van der Waals surface area (Å²) in [6.45, 7) is 2.39. The standard InChI is InChI=1S/C29H32FN3O4/c1-20(21-5-7-22(8-6-21)23-17-24(19-31-18-23)27(35)32(2)3)33-15-14-29(13-4-16-34,37-28(33)36)25-9-11-26(30)12-10-25/h5-12,17-20,34H,4,13-16H2,1-3H3. The highest BCUT2D eigenvalue weighted by molar-refractivity contribution is 5.94. The molecule has 7 nitrogen and oxygen atoms in total. The average Bonchev–Trinajstić information content (AvgIpc) is 2.91. The van der Waals surface area contributed by atoms with Gasteiger partial charge in [0.15, 0.2) is 0 Å². The number of hydrogen-bond acceptors (Lipinski definition) is 5. The molecular weight excluding hydrogens is 473 g/mol. The van der Waals surface area contributed by atoms with E-state index in [-0.39, 0.29) is 24.4 Å². The number of benzene rings is 2. The van der Waals surface area contributed by atoms with Gasteiger partial charge in [-0.25, -0.2) is 9.18 Å². The molecule has 1 N–H and O–H groups in total. The molecule has 3 aromatic rings. The molecule has 1 aliphatic rings. The summed E-state index contributed by atoms with van der Waals surface area (Å²) < 4.78 is 19.5. The van der Waals surface area contributed by atoms with Gasteiger partial charge < -0.3 is 19.6 Å². The Morgan fingerprint density at radius 3 is 2.46 bits per heavy atom. The van der Waals surface area contributed by atoms with E-state index in [2.05, 4.69) is 4.98 Å². The Bertz CT molecular complexity index is 1250. The highest BCUT2D eigenvalue weighted by atomic mass is 19.1. The van der Waals surface area contributed by atoms with E-state index in [0.717, 1.165) is 22.3 Å². The molecule has 2 amide bonds. The summed E-state index contributed by atoms with van der Waals surface area (Å²) in [7, 11) is 3.40. The molecule has 0 bridgehead atoms. The molecule has 1 aromatic heterocycles. The minimum absolute atomic E-state index is 0.0192. The summed E-state index contributed by atoms with van der Waals surface area (Å²) in [5.41, 5.74) is 3.04. The molecule has 2 atom stereocenters. The van der Waals surface area contributed by atoms with Gasteiger partial charge in [0, 0.05) is 51.6 Å². The zero-order valence-electron chi connectivity index (χ0n) is 21.4. The van der Waals surface area contributed by atoms with E-state index in [9.17, 15) is 19.1 Å². The molecule has 2 unspecified atom stereocenters. The third-order valence-electron chi connectivity index (χ3n) is 6.97. The summed E-state index contributed by atoms with van der Waals surface area (Å²) in [6, 6.07) is 15.4. The first-order chi connectivity index (χ1) is 17.7. The number of aromatic nitrogens is 1. The maximum Gasteiger partial charge on any atom is 0.411 e. The molecule has 1 fully saturated rings. The van der Waals surface area contributed by atoms with Crippen LogP contribution in [0.2, 0.25) is 0 Å². The first-order valence-electron chi connectivity index (χ1n) is 12.4. The van der Waals surface area contributed by atoms with E-state index in [0.29, 0.717) is 31.4 Å². The lowest BCUT2D eigenvalue weighted by molar-refractivity contribution is -0.0680. The predicted molar refractivity (Wildman–Crippen MR) is 138 cm³/mol. The van der Waals surface area contributed by atoms with Gasteiger partial charge in [-0.05, 0) is 54.7 Å². The van der Waals surface area contributed by atoms with Crippen LogP contribution >= 0.6 is 0 Å². The fourth-order valence-corrected chi connectivity index (χ4v) is 4.77. The van der Waals surface area contributed by atoms with Gasteiger partial charge in [-0.2, -0.15) is 0 Å². The van der Waals surface area contributed by atoms with Crippen molar-refractivity contribution in [2.75, 3.05) is 27.2 Å². The SMILES string of the molecule is CC(c1ccc(-c2cncc(C(=O)N(C)C)c2)cc1)N1CCC(CCCO)(c2ccc(F)cc2)OC1=O. The number of pyridine rings is 1. The van der Waals surface area contributed by atoms with E-state index in [1.807, 2.05) is 37.3 Å². The molecule has 0 spiro atoms. The Hall–Kier alpha value is -3.78. The summed E-state index contributed by atoms with van der Waals surface area (Å²) in [6.07, 6.45) is 4.29. The van der Waals surface area contributed by atoms with Crippen molar-refractivity contribution in [1.29, 1.82) is 0 Å². The van der Waals surface area contributed by atoms with Gasteiger partial charge in [-0.15, -0.1) is 0 Å². The minimum Gasteiger partial charge on any atom is -0.438 e. The normalized spacial score (nSPS) is 18.3. The quantitative estimate of drug-likeness (QED) is 0.457. The minimum atomic E-state index is -0.893. The fraction of sp³-hybridized carbons (Fsp3) is 0.345. The molecule has 0 radical (unpaired) electrons. The van der Waals surface area contributed by atoms with Gasteiger partial charge in [0.1, 0.15) is 11.4 Å². The highest BCUT2D eigenvalue weighted by Gasteiger charge is 2.43. The van der Waals surface area contributed by atoms with Crippen LogP contribution in [0.4, 0.5) is 9.18 Å². The monoisotopic (exact) mass is 505 g/mol. The zero-order chi connectivity index (χ0) is 26.6. The fourth-order valence-electron chi connectivity index (χ4n) is 4.77. The third-order valence-corrected chi connectivity index (χ3v) is 6.97. The molecule has 1 aliphatic heterocycles. The van der Waals surface area contributed by atoms with E-state index in [1.54, 1.807) is 43.5 Å². The van der Waals surface area contributed by atoms with Crippen molar-refractivity contribution in [3.8, 4) is 11.1 Å². The van der Waals surface area contributed by atoms with Crippen molar-refractivity contribution < 1.29 is 23.8 Å². The van der Waals surface area contributed by atoms with Crippen LogP contribution in [0.1, 0.15) is 53.7 Å². The van der Waals surface area contributed by atoms with E-state index in [4.69, 9.17) is 4.74 Å². The van der Waals surface area contributed by atoms with Gasteiger partial charge >= 0.3 is 6.09 Å². The molecule has 0 aliphatic carbocycles. The summed E-state index contributed by atoms with van der Waals surface area (Å²) in [4.78, 5) is 32.9. The smallest absolute Gasteiger partial charge is 0.411 e. The number of amides is 2. The number of ether oxygens (including phenoxy) is 1. The maximum absolute atomic E-state index is 13.5. The van der Waals surface area contributed by atoms with Crippen molar-refractivity contribution in [1.82, 2.24) is 14.8 Å². The number of rotatable bonds is 8. The van der Waals surface area contributed by atoms with Crippen LogP contribution in [0.15, 0.2) is 67.0 Å². The van der Waals surface area contributed by atoms with Crippen LogP contribution in [0.5, 0.6) is 0 Å². The second-order valence-electron chi connectivity index (χ2n) is 9.60. The Kier molecular flexibility index (Phi) is 7.88. The Balaban J connectivity index is 1.50. The van der Waals surface area contributed by atoms with Crippen molar-refractivity contribution in [2.45, 2.75) is 37.8 Å². The van der Waals surface area contributed by atoms with E-state index >= 15 is 0 Å². The van der Waals surface area contributed by atoms with Crippen LogP contribution in [-0.4, -0.2) is 59.1 Å². The van der Waals surface area contributed by atoms with E-state index in [1.165, 1.54) is 17.0 Å². The molecular formula is C29H32FN3O4. The first-order valence-corrected chi connectivity index (χ1v) is 12.4. The van der Waals surface area contributed by atoms with Crippen LogP contribution < -0.4 is 0 Å². The molecule has 2 heterocycles. The Labute approximate surface area is 216 Å². The van der Waals surface area contributed by atoms with Crippen LogP contribution in [0.3, 0.4) is 0 Å². The largest absolute Gasteiger partial charge is 0.438 e. The lowest BCUT2D eigenvalue weighted by Crippen LogP contribution is -2.48. The number of aliphatic hydroxyl groups excluding tert-OH is 1. The summed E-state index contributed by atoms with van der Waals surface area (Å²) in [5.74, 6) is -0.465. The number of carbonyl (C=O) groups is 2. The average molecular weight is 506 g/mol. The van der Waals surface area contributed by atoms with E-state index < -0.39 is 11.7 Å². The zero-order valence-corrected chi connectivity index (χ0v) is 21.4. The summed E-state index contributed by atoms with van der Waals surface area (Å²) >= 11 is 0. The number of halogens is 1. The predicted octanol–water partition coefficient (Wildman–Crippen LogP) is 5.16. The summed E-state index contributed by atoms with van der Waals surface area (Å²) in [5, 5.41) is 9.39. The topological polar surface area (TPSA) is 83.0 Å². The van der Waals surface area contributed by atoms with Crippen molar-refractivity contribution in [3.05, 3.63) is 89.5 Å². The first kappa shape index (κ1) is 26.3. The molecule has 194 valence electrons. The molecule has 2 aromatic carbocycles. The molecule has 8 heteroatoms. The number of cyclic esters (lactones) is 1. The molecule has 4 rings (SSSR count). The van der Waals surface area contributed by atoms with Gasteiger partial charge in [0.05, 0.1) is 11.6 Å². The van der Waals surface area contributed by atoms with Gasteiger partial charge in [-0.3, -0.25) is 9.78 Å².